The molecule has 0 fully saturated rings. The second-order valence-electron chi connectivity index (χ2n) is 4.83. The van der Waals surface area contributed by atoms with Crippen LogP contribution in [0.15, 0.2) is 29.4 Å². The van der Waals surface area contributed by atoms with Gasteiger partial charge in [0.2, 0.25) is 0 Å². The Morgan fingerprint density at radius 3 is 2.16 bits per heavy atom. The number of aryl methyl sites for hydroxylation is 2. The maximum atomic E-state index is 12.7. The average Bonchev–Trinajstić information content (AvgIpc) is 2.54. The molecule has 0 amide bonds. The smallest absolute Gasteiger partial charge is 0.383 e. The number of pyridine rings is 1. The van der Waals surface area contributed by atoms with E-state index in [9.17, 15) is 13.2 Å². The van der Waals surface area contributed by atoms with Crippen molar-refractivity contribution in [3.63, 3.8) is 0 Å². The Kier molecular flexibility index (Phi) is 6.18. The Morgan fingerprint density at radius 1 is 1.16 bits per heavy atom. The first-order chi connectivity index (χ1) is 11.7. The van der Waals surface area contributed by atoms with Crippen LogP contribution in [-0.4, -0.2) is 4.98 Å². The van der Waals surface area contributed by atoms with Crippen LogP contribution in [0.2, 0.25) is 0 Å². The third-order valence-corrected chi connectivity index (χ3v) is 3.15. The summed E-state index contributed by atoms with van der Waals surface area (Å²) in [5.41, 5.74) is 10.8. The zero-order valence-electron chi connectivity index (χ0n) is 13.3. The molecule has 1 heterocycles. The fourth-order valence-electron chi connectivity index (χ4n) is 1.94. The molecule has 25 heavy (non-hydrogen) atoms. The number of benzene rings is 1. The van der Waals surface area contributed by atoms with Crippen LogP contribution in [0.5, 0.6) is 0 Å². The molecule has 0 aliphatic rings. The predicted molar refractivity (Wildman–Crippen MR) is 83.8 cm³/mol. The van der Waals surface area contributed by atoms with E-state index in [4.69, 9.17) is 21.8 Å². The lowest BCUT2D eigenvalue weighted by Gasteiger charge is -2.13. The quantitative estimate of drug-likeness (QED) is 0.743. The van der Waals surface area contributed by atoms with Crippen LogP contribution >= 0.6 is 0 Å². The first-order valence-electron chi connectivity index (χ1n) is 6.77. The van der Waals surface area contributed by atoms with E-state index in [1.54, 1.807) is 0 Å². The Balaban J connectivity index is 0.000000293. The van der Waals surface area contributed by atoms with Crippen LogP contribution in [0.4, 0.5) is 24.7 Å². The average molecular weight is 346 g/mol. The number of hydrogen-bond acceptors (Lipinski definition) is 6. The number of nitrogens with two attached hydrogens (primary N) is 1. The van der Waals surface area contributed by atoms with Crippen molar-refractivity contribution in [2.45, 2.75) is 20.0 Å². The summed E-state index contributed by atoms with van der Waals surface area (Å²) in [6, 6.07) is 11.0. The lowest BCUT2D eigenvalue weighted by Crippen LogP contribution is -2.12. The highest BCUT2D eigenvalue weighted by atomic mass is 19.4. The van der Waals surface area contributed by atoms with E-state index >= 15 is 0 Å². The molecule has 2 aromatic rings. The molecule has 0 spiro atoms. The normalized spacial score (nSPS) is 10.0. The van der Waals surface area contributed by atoms with E-state index in [1.165, 1.54) is 13.0 Å². The fraction of sp³-hybridized carbons (Fsp3) is 0.188. The highest BCUT2D eigenvalue weighted by Crippen LogP contribution is 2.41. The zero-order valence-corrected chi connectivity index (χ0v) is 13.3. The molecule has 0 saturated carbocycles. The number of nitrogens with zero attached hydrogens (tertiary/aromatic N) is 4. The van der Waals surface area contributed by atoms with Crippen LogP contribution < -0.4 is 5.73 Å². The third-order valence-electron chi connectivity index (χ3n) is 3.15. The maximum Gasteiger partial charge on any atom is 0.420 e. The van der Waals surface area contributed by atoms with Gasteiger partial charge in [0.05, 0.1) is 17.3 Å². The summed E-state index contributed by atoms with van der Waals surface area (Å²) < 4.78 is 38.0. The molecule has 2 rings (SSSR count). The number of rotatable bonds is 1. The van der Waals surface area contributed by atoms with Gasteiger partial charge >= 0.3 is 6.18 Å². The van der Waals surface area contributed by atoms with E-state index < -0.39 is 28.8 Å². The summed E-state index contributed by atoms with van der Waals surface area (Å²) in [5, 5.41) is 19.8. The standard InChI is InChI=1S/C8H6F3N5.C8H7N/c1-3-6(16-14)5(8(9,10)11)4(2-12)7(13)15-3;1-7-4-2-3-5-8(7)6-9/h14H,1H3,(H2,13,15);2-5H,1H3. The van der Waals surface area contributed by atoms with E-state index in [1.807, 2.05) is 31.2 Å². The van der Waals surface area contributed by atoms with Gasteiger partial charge in [0.15, 0.2) is 0 Å². The number of hydrogen-bond donors (Lipinski definition) is 2. The van der Waals surface area contributed by atoms with Gasteiger partial charge in [0.25, 0.3) is 0 Å². The van der Waals surface area contributed by atoms with Crippen molar-refractivity contribution in [1.82, 2.24) is 4.98 Å². The van der Waals surface area contributed by atoms with Gasteiger partial charge < -0.3 is 5.73 Å². The second-order valence-corrected chi connectivity index (χ2v) is 4.83. The van der Waals surface area contributed by atoms with Crippen molar-refractivity contribution in [1.29, 1.82) is 16.1 Å². The molecule has 1 aromatic heterocycles. The SMILES string of the molecule is Cc1ccccc1C#N.Cc1nc(N)c(C#N)c(C(F)(F)F)c1N=N. The van der Waals surface area contributed by atoms with Gasteiger partial charge in [0, 0.05) is 0 Å². The molecule has 1 aromatic carbocycles. The van der Waals surface area contributed by atoms with Crippen molar-refractivity contribution in [3.8, 4) is 12.1 Å². The van der Waals surface area contributed by atoms with Crippen molar-refractivity contribution in [2.75, 3.05) is 5.73 Å². The van der Waals surface area contributed by atoms with Gasteiger partial charge in [-0.25, -0.2) is 10.5 Å². The van der Waals surface area contributed by atoms with Crippen LogP contribution in [0, 0.1) is 42.0 Å². The Hall–Kier alpha value is -3.46. The number of halogens is 3. The van der Waals surface area contributed by atoms with Crippen LogP contribution in [0.25, 0.3) is 0 Å². The van der Waals surface area contributed by atoms with Crippen LogP contribution in [0.3, 0.4) is 0 Å². The Morgan fingerprint density at radius 2 is 1.76 bits per heavy atom. The van der Waals surface area contributed by atoms with E-state index in [0.29, 0.717) is 0 Å². The number of nitrogen functional groups attached to an aromatic ring is 1. The molecule has 6 nitrogen and oxygen atoms in total. The molecular formula is C16H13F3N6. The lowest BCUT2D eigenvalue weighted by atomic mass is 10.1. The molecule has 3 N–H and O–H groups in total. The monoisotopic (exact) mass is 346 g/mol. The molecular weight excluding hydrogens is 333 g/mol. The summed E-state index contributed by atoms with van der Waals surface area (Å²) in [7, 11) is 0. The number of aromatic nitrogens is 1. The highest BCUT2D eigenvalue weighted by Gasteiger charge is 2.39. The summed E-state index contributed by atoms with van der Waals surface area (Å²) in [4.78, 5) is 3.53. The number of alkyl halides is 3. The molecule has 0 aliphatic heterocycles. The summed E-state index contributed by atoms with van der Waals surface area (Å²) in [6.45, 7) is 3.17. The van der Waals surface area contributed by atoms with Gasteiger partial charge in [-0.15, -0.1) is 0 Å². The highest BCUT2D eigenvalue weighted by molar-refractivity contribution is 5.65. The summed E-state index contributed by atoms with van der Waals surface area (Å²) in [5.74, 6) is -0.514. The van der Waals surface area contributed by atoms with Crippen molar-refractivity contribution in [3.05, 3.63) is 52.2 Å². The summed E-state index contributed by atoms with van der Waals surface area (Å²) in [6.07, 6.45) is -4.80. The van der Waals surface area contributed by atoms with Gasteiger partial charge in [-0.1, -0.05) is 18.2 Å². The van der Waals surface area contributed by atoms with Gasteiger partial charge in [0.1, 0.15) is 28.7 Å². The summed E-state index contributed by atoms with van der Waals surface area (Å²) >= 11 is 0. The minimum atomic E-state index is -4.80. The van der Waals surface area contributed by atoms with Crippen LogP contribution in [-0.2, 0) is 6.18 Å². The topological polar surface area (TPSA) is 123 Å². The Labute approximate surface area is 141 Å². The van der Waals surface area contributed by atoms with Gasteiger partial charge in [-0.2, -0.15) is 28.8 Å². The minimum absolute atomic E-state index is 0.140. The van der Waals surface area contributed by atoms with Crippen molar-refractivity contribution in [2.24, 2.45) is 5.11 Å². The fourth-order valence-corrected chi connectivity index (χ4v) is 1.94. The minimum Gasteiger partial charge on any atom is -0.383 e. The van der Waals surface area contributed by atoms with Crippen molar-refractivity contribution < 1.29 is 13.2 Å². The molecule has 0 radical (unpaired) electrons. The number of nitriles is 2. The number of anilines is 1. The molecule has 0 aliphatic carbocycles. The molecule has 0 saturated heterocycles. The molecule has 9 heteroatoms. The number of nitrogens with one attached hydrogen (secondary N) is 1. The molecule has 128 valence electrons. The first-order valence-corrected chi connectivity index (χ1v) is 6.77. The Bertz CT molecular complexity index is 875. The van der Waals surface area contributed by atoms with E-state index in [0.717, 1.165) is 11.1 Å². The largest absolute Gasteiger partial charge is 0.420 e. The lowest BCUT2D eigenvalue weighted by molar-refractivity contribution is -0.137. The van der Waals surface area contributed by atoms with E-state index in [2.05, 4.69) is 16.2 Å². The zero-order chi connectivity index (χ0) is 19.2. The van der Waals surface area contributed by atoms with Crippen molar-refractivity contribution >= 4 is 11.5 Å². The van der Waals surface area contributed by atoms with E-state index in [-0.39, 0.29) is 5.69 Å². The maximum absolute atomic E-state index is 12.7. The third kappa shape index (κ3) is 4.52. The first kappa shape index (κ1) is 19.6. The molecule has 0 bridgehead atoms. The van der Waals surface area contributed by atoms with Gasteiger partial charge in [-0.3, -0.25) is 0 Å². The predicted octanol–water partition coefficient (Wildman–Crippen LogP) is 4.39. The van der Waals surface area contributed by atoms with Crippen LogP contribution in [0.1, 0.15) is 27.9 Å². The second kappa shape index (κ2) is 7.88. The molecule has 0 unspecified atom stereocenters. The van der Waals surface area contributed by atoms with Gasteiger partial charge in [-0.05, 0) is 25.5 Å². The molecule has 0 atom stereocenters.